The molecule has 2 fully saturated rings. The monoisotopic (exact) mass is 384 g/mol. The fourth-order valence-electron chi connectivity index (χ4n) is 3.66. The van der Waals surface area contributed by atoms with Gasteiger partial charge < -0.3 is 23.7 Å². The number of fused-ring (bicyclic) bond motifs is 2. The molecule has 2 aliphatic heterocycles. The highest BCUT2D eigenvalue weighted by Gasteiger charge is 2.64. The average molecular weight is 384 g/mol. The van der Waals surface area contributed by atoms with E-state index < -0.39 is 24.0 Å². The summed E-state index contributed by atoms with van der Waals surface area (Å²) in [7, 11) is 0. The minimum atomic E-state index is -0.797. The Morgan fingerprint density at radius 2 is 1.68 bits per heavy atom. The molecule has 4 atom stereocenters. The standard InChI is InChI=1S/C22H24O6/c1-16(23)27-21-19-20(25-13-18-10-6-3-7-11-18)22(28-21,15-26-19)14-24-12-17-8-4-2-5-9-17/h2-11,19-21H,12-15H2,1H3/t19-,20+,21-,22+/m1/s1. The van der Waals surface area contributed by atoms with Crippen molar-refractivity contribution in [2.75, 3.05) is 13.2 Å². The maximum Gasteiger partial charge on any atom is 0.305 e. The number of carbonyl (C=O) groups excluding carboxylic acids is 1. The van der Waals surface area contributed by atoms with Gasteiger partial charge in [-0.2, -0.15) is 0 Å². The Hall–Kier alpha value is -2.25. The lowest BCUT2D eigenvalue weighted by Crippen LogP contribution is -2.46. The highest BCUT2D eigenvalue weighted by Crippen LogP contribution is 2.43. The second-order valence-electron chi connectivity index (χ2n) is 7.13. The van der Waals surface area contributed by atoms with E-state index in [0.29, 0.717) is 19.8 Å². The third-order valence-corrected chi connectivity index (χ3v) is 4.97. The van der Waals surface area contributed by atoms with Crippen LogP contribution in [-0.4, -0.2) is 43.3 Å². The zero-order chi connectivity index (χ0) is 19.4. The van der Waals surface area contributed by atoms with Gasteiger partial charge in [0, 0.05) is 6.92 Å². The first-order valence-corrected chi connectivity index (χ1v) is 9.40. The minimum Gasteiger partial charge on any atom is -0.433 e. The van der Waals surface area contributed by atoms with Crippen LogP contribution in [0.25, 0.3) is 0 Å². The zero-order valence-electron chi connectivity index (χ0n) is 15.8. The number of hydrogen-bond donors (Lipinski definition) is 0. The Morgan fingerprint density at radius 1 is 1.04 bits per heavy atom. The summed E-state index contributed by atoms with van der Waals surface area (Å²) in [6.07, 6.45) is -1.63. The molecule has 28 heavy (non-hydrogen) atoms. The van der Waals surface area contributed by atoms with Crippen LogP contribution in [0.15, 0.2) is 60.7 Å². The molecule has 4 rings (SSSR count). The van der Waals surface area contributed by atoms with Gasteiger partial charge in [0.2, 0.25) is 6.29 Å². The van der Waals surface area contributed by atoms with Crippen LogP contribution < -0.4 is 0 Å². The molecule has 0 aliphatic carbocycles. The smallest absolute Gasteiger partial charge is 0.305 e. The number of ether oxygens (including phenoxy) is 5. The van der Waals surface area contributed by atoms with Crippen LogP contribution in [0.2, 0.25) is 0 Å². The fourth-order valence-corrected chi connectivity index (χ4v) is 3.66. The number of rotatable bonds is 8. The SMILES string of the molecule is CC(=O)O[C@@H]1O[C@@]2(COCc3ccccc3)CO[C@@H]1[C@@H]2OCc1ccccc1. The summed E-state index contributed by atoms with van der Waals surface area (Å²) in [6, 6.07) is 19.8. The molecule has 2 bridgehead atoms. The van der Waals surface area contributed by atoms with E-state index in [-0.39, 0.29) is 12.7 Å². The predicted molar refractivity (Wildman–Crippen MR) is 100 cm³/mol. The molecule has 0 N–H and O–H groups in total. The van der Waals surface area contributed by atoms with Gasteiger partial charge in [0.25, 0.3) is 0 Å². The normalized spacial score (nSPS) is 28.4. The molecule has 2 heterocycles. The molecular formula is C22H24O6. The summed E-state index contributed by atoms with van der Waals surface area (Å²) in [5.74, 6) is -0.414. The van der Waals surface area contributed by atoms with Crippen molar-refractivity contribution in [2.45, 2.75) is 44.2 Å². The van der Waals surface area contributed by atoms with Gasteiger partial charge in [-0.05, 0) is 11.1 Å². The number of hydrogen-bond acceptors (Lipinski definition) is 6. The molecule has 0 aromatic heterocycles. The maximum atomic E-state index is 11.4. The quantitative estimate of drug-likeness (QED) is 0.652. The molecule has 2 saturated heterocycles. The van der Waals surface area contributed by atoms with Crippen LogP contribution in [0.4, 0.5) is 0 Å². The Labute approximate surface area is 164 Å². The van der Waals surface area contributed by atoms with Gasteiger partial charge in [-0.1, -0.05) is 60.7 Å². The summed E-state index contributed by atoms with van der Waals surface area (Å²) in [4.78, 5) is 11.4. The number of esters is 1. The molecule has 0 radical (unpaired) electrons. The lowest BCUT2D eigenvalue weighted by atomic mass is 10.00. The zero-order valence-corrected chi connectivity index (χ0v) is 15.8. The first kappa shape index (κ1) is 19.1. The van der Waals surface area contributed by atoms with Crippen molar-refractivity contribution in [1.82, 2.24) is 0 Å². The molecule has 0 saturated carbocycles. The first-order chi connectivity index (χ1) is 13.7. The van der Waals surface area contributed by atoms with Crippen molar-refractivity contribution in [3.63, 3.8) is 0 Å². The van der Waals surface area contributed by atoms with Crippen molar-refractivity contribution in [2.24, 2.45) is 0 Å². The minimum absolute atomic E-state index is 0.287. The third kappa shape index (κ3) is 4.10. The molecule has 0 unspecified atom stereocenters. The van der Waals surface area contributed by atoms with Gasteiger partial charge in [-0.3, -0.25) is 4.79 Å². The summed E-state index contributed by atoms with van der Waals surface area (Å²) in [5.41, 5.74) is 1.33. The van der Waals surface area contributed by atoms with Gasteiger partial charge in [-0.15, -0.1) is 0 Å². The van der Waals surface area contributed by atoms with Crippen LogP contribution in [0.5, 0.6) is 0 Å². The highest BCUT2D eigenvalue weighted by atomic mass is 16.8. The van der Waals surface area contributed by atoms with Gasteiger partial charge in [0.1, 0.15) is 17.8 Å². The Kier molecular flexibility index (Phi) is 5.73. The summed E-state index contributed by atoms with van der Waals surface area (Å²) in [6.45, 7) is 2.86. The van der Waals surface area contributed by atoms with E-state index in [2.05, 4.69) is 0 Å². The summed E-state index contributed by atoms with van der Waals surface area (Å²) >= 11 is 0. The maximum absolute atomic E-state index is 11.4. The van der Waals surface area contributed by atoms with Crippen LogP contribution >= 0.6 is 0 Å². The van der Waals surface area contributed by atoms with E-state index in [4.69, 9.17) is 23.7 Å². The third-order valence-electron chi connectivity index (χ3n) is 4.97. The lowest BCUT2D eigenvalue weighted by molar-refractivity contribution is -0.248. The van der Waals surface area contributed by atoms with Crippen LogP contribution in [0.1, 0.15) is 18.1 Å². The van der Waals surface area contributed by atoms with Crippen LogP contribution in [-0.2, 0) is 41.7 Å². The molecular weight excluding hydrogens is 360 g/mol. The molecule has 2 aliphatic rings. The second kappa shape index (κ2) is 8.41. The van der Waals surface area contributed by atoms with Crippen molar-refractivity contribution in [1.29, 1.82) is 0 Å². The van der Waals surface area contributed by atoms with Crippen LogP contribution in [0, 0.1) is 0 Å². The number of carbonyl (C=O) groups is 1. The largest absolute Gasteiger partial charge is 0.433 e. The van der Waals surface area contributed by atoms with E-state index in [1.807, 2.05) is 60.7 Å². The van der Waals surface area contributed by atoms with E-state index in [1.165, 1.54) is 6.92 Å². The Balaban J connectivity index is 1.44. The Morgan fingerprint density at radius 3 is 2.32 bits per heavy atom. The van der Waals surface area contributed by atoms with Gasteiger partial charge in [-0.25, -0.2) is 0 Å². The summed E-state index contributed by atoms with van der Waals surface area (Å²) < 4.78 is 29.3. The van der Waals surface area contributed by atoms with Crippen LogP contribution in [0.3, 0.4) is 0 Å². The van der Waals surface area contributed by atoms with E-state index in [1.54, 1.807) is 0 Å². The lowest BCUT2D eigenvalue weighted by Gasteiger charge is -2.30. The molecule has 2 aromatic carbocycles. The van der Waals surface area contributed by atoms with Crippen molar-refractivity contribution in [3.05, 3.63) is 71.8 Å². The number of benzene rings is 2. The van der Waals surface area contributed by atoms with Crippen molar-refractivity contribution < 1.29 is 28.5 Å². The van der Waals surface area contributed by atoms with Crippen molar-refractivity contribution in [3.8, 4) is 0 Å². The van der Waals surface area contributed by atoms with E-state index >= 15 is 0 Å². The molecule has 6 heteroatoms. The van der Waals surface area contributed by atoms with Gasteiger partial charge >= 0.3 is 5.97 Å². The van der Waals surface area contributed by atoms with Gasteiger partial charge in [0.05, 0.1) is 26.4 Å². The summed E-state index contributed by atoms with van der Waals surface area (Å²) in [5, 5.41) is 0. The molecule has 0 spiro atoms. The van der Waals surface area contributed by atoms with E-state index in [0.717, 1.165) is 11.1 Å². The molecule has 148 valence electrons. The van der Waals surface area contributed by atoms with Gasteiger partial charge in [0.15, 0.2) is 0 Å². The predicted octanol–water partition coefficient (Wildman–Crippen LogP) is 2.85. The second-order valence-corrected chi connectivity index (χ2v) is 7.13. The highest BCUT2D eigenvalue weighted by molar-refractivity contribution is 5.66. The molecule has 0 amide bonds. The topological polar surface area (TPSA) is 63.2 Å². The first-order valence-electron chi connectivity index (χ1n) is 9.40. The van der Waals surface area contributed by atoms with E-state index in [9.17, 15) is 4.79 Å². The molecule has 2 aromatic rings. The van der Waals surface area contributed by atoms with Crippen molar-refractivity contribution >= 4 is 5.97 Å². The average Bonchev–Trinajstić information content (AvgIpc) is 3.19. The fraction of sp³-hybridized carbons (Fsp3) is 0.409. The Bertz CT molecular complexity index is 780. The molecule has 6 nitrogen and oxygen atoms in total.